The average molecular weight is 863 g/mol. The van der Waals surface area contributed by atoms with Crippen LogP contribution in [0.3, 0.4) is 0 Å². The molecule has 0 spiro atoms. The van der Waals surface area contributed by atoms with Crippen molar-refractivity contribution in [2.24, 2.45) is 5.41 Å². The zero-order chi connectivity index (χ0) is 44.3. The molecule has 0 saturated carbocycles. The molecule has 0 saturated heterocycles. The van der Waals surface area contributed by atoms with Crippen molar-refractivity contribution < 1.29 is 35.4 Å². The van der Waals surface area contributed by atoms with E-state index in [1.54, 1.807) is 23.5 Å². The second kappa shape index (κ2) is 25.1. The Kier molecular flexibility index (Phi) is 21.4. The lowest BCUT2D eigenvalue weighted by atomic mass is 9.69. The highest BCUT2D eigenvalue weighted by atomic mass is 32.1. The van der Waals surface area contributed by atoms with E-state index in [0.29, 0.717) is 23.5 Å². The van der Waals surface area contributed by atoms with E-state index in [9.17, 15) is 30.6 Å². The highest BCUT2D eigenvalue weighted by molar-refractivity contribution is 7.13. The monoisotopic (exact) mass is 862 g/mol. The molecular formula is C51H74O7S2. The number of aliphatic hydroxyl groups excluding tert-OH is 4. The first-order valence-corrected chi connectivity index (χ1v) is 23.7. The molecule has 0 atom stereocenters. The third-order valence-corrected chi connectivity index (χ3v) is 14.7. The smallest absolute Gasteiger partial charge is 0.122 e. The van der Waals surface area contributed by atoms with E-state index in [0.717, 1.165) is 86.6 Å². The Morgan fingerprint density at radius 1 is 0.650 bits per heavy atom. The number of rotatable bonds is 24. The summed E-state index contributed by atoms with van der Waals surface area (Å²) in [7, 11) is 0. The summed E-state index contributed by atoms with van der Waals surface area (Å²) in [5, 5.41) is 61.2. The zero-order valence-electron chi connectivity index (χ0n) is 37.6. The fraction of sp³-hybridized carbons (Fsp3) is 0.529. The molecule has 332 valence electrons. The van der Waals surface area contributed by atoms with E-state index in [1.165, 1.54) is 32.0 Å². The Bertz CT molecular complexity index is 1930. The van der Waals surface area contributed by atoms with Gasteiger partial charge in [0.1, 0.15) is 12.4 Å². The fourth-order valence-electron chi connectivity index (χ4n) is 7.64. The van der Waals surface area contributed by atoms with Crippen LogP contribution in [-0.2, 0) is 45.9 Å². The third-order valence-electron chi connectivity index (χ3n) is 12.5. The molecule has 2 aromatic heterocycles. The first-order chi connectivity index (χ1) is 28.7. The van der Waals surface area contributed by atoms with E-state index in [1.807, 2.05) is 35.6 Å². The van der Waals surface area contributed by atoms with Crippen LogP contribution in [0.15, 0.2) is 72.1 Å². The Labute approximate surface area is 369 Å². The molecule has 60 heavy (non-hydrogen) atoms. The van der Waals surface area contributed by atoms with Gasteiger partial charge in [0, 0.05) is 14.6 Å². The summed E-state index contributed by atoms with van der Waals surface area (Å²) in [5.74, 6) is 0.683. The van der Waals surface area contributed by atoms with Crippen LogP contribution < -0.4 is 4.74 Å². The molecule has 0 aliphatic heterocycles. The van der Waals surface area contributed by atoms with Gasteiger partial charge in [-0.25, -0.2) is 0 Å². The van der Waals surface area contributed by atoms with E-state index >= 15 is 0 Å². The Morgan fingerprint density at radius 2 is 1.27 bits per heavy atom. The van der Waals surface area contributed by atoms with Gasteiger partial charge in [-0.1, -0.05) is 91.8 Å². The van der Waals surface area contributed by atoms with Crippen LogP contribution in [0.4, 0.5) is 0 Å². The summed E-state index contributed by atoms with van der Waals surface area (Å²) in [6.45, 7) is 17.1. The normalized spacial score (nSPS) is 12.8. The van der Waals surface area contributed by atoms with Gasteiger partial charge in [0.25, 0.3) is 0 Å². The number of benzene rings is 2. The van der Waals surface area contributed by atoms with Crippen molar-refractivity contribution >= 4 is 33.8 Å². The van der Waals surface area contributed by atoms with Crippen LogP contribution in [0.1, 0.15) is 161 Å². The minimum absolute atomic E-state index is 0.0372. The minimum atomic E-state index is -0.658. The van der Waals surface area contributed by atoms with E-state index in [4.69, 9.17) is 4.74 Å². The molecule has 4 rings (SSSR count). The molecule has 2 aromatic carbocycles. The van der Waals surface area contributed by atoms with Gasteiger partial charge in [-0.2, -0.15) is 0 Å². The Morgan fingerprint density at radius 3 is 1.85 bits per heavy atom. The van der Waals surface area contributed by atoms with Crippen molar-refractivity contribution in [3.05, 3.63) is 120 Å². The molecule has 0 bridgehead atoms. The van der Waals surface area contributed by atoms with Gasteiger partial charge >= 0.3 is 0 Å². The number of hydrogen-bond acceptors (Lipinski definition) is 9. The van der Waals surface area contributed by atoms with Crippen molar-refractivity contribution in [3.8, 4) is 5.75 Å². The SMILES string of the molecule is CC/C(=C\CC(C)(C)C(O)(CC)CC)c1csc(COc2ccc(CO)c(CO)c2)c1.CC/C(=C\CCC(O)(CC)CC)c1ccc(CCc2ccc(CO)c(CO)c2)s1. The van der Waals surface area contributed by atoms with Gasteiger partial charge in [-0.05, 0) is 156 Å². The maximum atomic E-state index is 11.0. The molecule has 0 aliphatic carbocycles. The van der Waals surface area contributed by atoms with Crippen LogP contribution in [0.25, 0.3) is 11.1 Å². The Hall–Kier alpha value is -3.12. The third kappa shape index (κ3) is 14.5. The van der Waals surface area contributed by atoms with Crippen LogP contribution in [0.2, 0.25) is 0 Å². The first-order valence-electron chi connectivity index (χ1n) is 22.0. The van der Waals surface area contributed by atoms with Crippen molar-refractivity contribution in [3.63, 3.8) is 0 Å². The highest BCUT2D eigenvalue weighted by Gasteiger charge is 2.39. The van der Waals surface area contributed by atoms with Gasteiger partial charge in [-0.15, -0.1) is 22.7 Å². The summed E-state index contributed by atoms with van der Waals surface area (Å²) >= 11 is 3.53. The van der Waals surface area contributed by atoms with Gasteiger partial charge in [0.2, 0.25) is 0 Å². The summed E-state index contributed by atoms with van der Waals surface area (Å²) in [6.07, 6.45) is 14.1. The zero-order valence-corrected chi connectivity index (χ0v) is 39.3. The number of aryl methyl sites for hydroxylation is 2. The van der Waals surface area contributed by atoms with Gasteiger partial charge < -0.3 is 35.4 Å². The quantitative estimate of drug-likeness (QED) is 0.0414. The molecule has 2 heterocycles. The average Bonchev–Trinajstić information content (AvgIpc) is 3.96. The predicted octanol–water partition coefficient (Wildman–Crippen LogP) is 11.7. The predicted molar refractivity (Wildman–Crippen MR) is 252 cm³/mol. The van der Waals surface area contributed by atoms with Crippen LogP contribution in [-0.4, -0.2) is 41.8 Å². The summed E-state index contributed by atoms with van der Waals surface area (Å²) in [6, 6.07) is 17.9. The second-order valence-electron chi connectivity index (χ2n) is 16.5. The largest absolute Gasteiger partial charge is 0.488 e. The van der Waals surface area contributed by atoms with E-state index in [2.05, 4.69) is 91.1 Å². The highest BCUT2D eigenvalue weighted by Crippen LogP contribution is 2.41. The Balaban J connectivity index is 0.000000321. The summed E-state index contributed by atoms with van der Waals surface area (Å²) < 4.78 is 5.91. The van der Waals surface area contributed by atoms with Crippen LogP contribution in [0.5, 0.6) is 5.75 Å². The maximum absolute atomic E-state index is 11.0. The fourth-order valence-corrected chi connectivity index (χ4v) is 9.58. The number of aliphatic hydroxyl groups is 6. The molecule has 0 radical (unpaired) electrons. The van der Waals surface area contributed by atoms with E-state index in [-0.39, 0.29) is 31.8 Å². The molecule has 0 aliphatic rings. The van der Waals surface area contributed by atoms with Gasteiger partial charge in [0.05, 0.1) is 37.6 Å². The van der Waals surface area contributed by atoms with Crippen molar-refractivity contribution in [1.82, 2.24) is 0 Å². The topological polar surface area (TPSA) is 131 Å². The number of allylic oxidation sites excluding steroid dienone is 4. The van der Waals surface area contributed by atoms with Crippen molar-refractivity contribution in [1.29, 1.82) is 0 Å². The molecular weight excluding hydrogens is 789 g/mol. The number of thiophene rings is 2. The molecule has 0 fully saturated rings. The van der Waals surface area contributed by atoms with Gasteiger partial charge in [0.15, 0.2) is 0 Å². The van der Waals surface area contributed by atoms with Crippen molar-refractivity contribution in [2.75, 3.05) is 0 Å². The van der Waals surface area contributed by atoms with E-state index < -0.39 is 11.2 Å². The molecule has 0 unspecified atom stereocenters. The van der Waals surface area contributed by atoms with Crippen LogP contribution in [0, 0.1) is 5.41 Å². The maximum Gasteiger partial charge on any atom is 0.122 e. The lowest BCUT2D eigenvalue weighted by Crippen LogP contribution is -2.43. The second-order valence-corrected chi connectivity index (χ2v) is 18.6. The number of hydrogen-bond donors (Lipinski definition) is 6. The minimum Gasteiger partial charge on any atom is -0.488 e. The standard InChI is InChI=1S/C26H38O4S.C25H36O3S/c1-6-19(11-12-25(4,5)26(29,7-2)8-3)22-14-24(31-18-22)17-30-23-10-9-20(15-27)21(13-23)16-28;1-4-20(8-7-15-25(28,5-2)6-3)24-14-13-23(29-24)12-10-19-9-11-21(17-26)22(16-19)18-27/h9-11,13-14,18,27-29H,6-8,12,15-17H2,1-5H3;8-9,11,13-14,16,26-28H,4-7,10,12,15,17-18H2,1-3H3/b19-11+;20-8+. The lowest BCUT2D eigenvalue weighted by Gasteiger charge is -2.41. The first kappa shape index (κ1) is 51.2. The molecule has 7 nitrogen and oxygen atoms in total. The number of ether oxygens (including phenoxy) is 1. The summed E-state index contributed by atoms with van der Waals surface area (Å²) in [5.41, 5.74) is 6.68. The summed E-state index contributed by atoms with van der Waals surface area (Å²) in [4.78, 5) is 3.81. The lowest BCUT2D eigenvalue weighted by molar-refractivity contribution is -0.0716. The van der Waals surface area contributed by atoms with Crippen LogP contribution >= 0.6 is 22.7 Å². The molecule has 0 amide bonds. The molecule has 6 N–H and O–H groups in total. The van der Waals surface area contributed by atoms with Gasteiger partial charge in [-0.3, -0.25) is 0 Å². The molecule has 4 aromatic rings. The molecule has 9 heteroatoms. The van der Waals surface area contributed by atoms with Crippen molar-refractivity contribution in [2.45, 2.75) is 170 Å².